The molecule has 0 aromatic rings. The Morgan fingerprint density at radius 2 is 2.06 bits per heavy atom. The maximum Gasteiger partial charge on any atom is 0.237 e. The molecule has 0 spiro atoms. The normalized spacial score (nSPS) is 36.1. The summed E-state index contributed by atoms with van der Waals surface area (Å²) in [6.07, 6.45) is 7.17. The molecule has 2 N–H and O–H groups in total. The number of carbonyl (C=O) groups excluding carboxylic acids is 1. The number of hydrogen-bond acceptors (Lipinski definition) is 2. The highest BCUT2D eigenvalue weighted by molar-refractivity contribution is 5.82. The Kier molecular flexibility index (Phi) is 4.31. The summed E-state index contributed by atoms with van der Waals surface area (Å²) < 4.78 is 0. The number of carbonyl (C=O) groups is 1. The van der Waals surface area contributed by atoms with Gasteiger partial charge in [-0.1, -0.05) is 27.2 Å². The first-order valence-corrected chi connectivity index (χ1v) is 7.52. The van der Waals surface area contributed by atoms with E-state index in [0.717, 1.165) is 19.4 Å². The minimum atomic E-state index is 0.0313. The summed E-state index contributed by atoms with van der Waals surface area (Å²) in [6, 6.07) is 0.418. The van der Waals surface area contributed by atoms with Crippen LogP contribution in [-0.4, -0.2) is 24.5 Å². The van der Waals surface area contributed by atoms with Gasteiger partial charge >= 0.3 is 0 Å². The summed E-state index contributed by atoms with van der Waals surface area (Å²) in [5.41, 5.74) is 0.391. The fraction of sp³-hybridized carbons (Fsp3) is 0.933. The van der Waals surface area contributed by atoms with Crippen LogP contribution in [0.4, 0.5) is 0 Å². The summed E-state index contributed by atoms with van der Waals surface area (Å²) >= 11 is 0. The van der Waals surface area contributed by atoms with Crippen LogP contribution in [0.2, 0.25) is 0 Å². The molecule has 18 heavy (non-hydrogen) atoms. The van der Waals surface area contributed by atoms with Crippen molar-refractivity contribution in [1.82, 2.24) is 10.6 Å². The lowest BCUT2D eigenvalue weighted by Gasteiger charge is -2.37. The fourth-order valence-electron chi connectivity index (χ4n) is 3.51. The standard InChI is InChI=1S/C15H28N2O/c1-11-6-5-9-16-13(11)14(18)17-12-7-4-8-15(2,3)10-12/h11-13,16H,4-10H2,1-3H3,(H,17,18). The van der Waals surface area contributed by atoms with Gasteiger partial charge < -0.3 is 10.6 Å². The van der Waals surface area contributed by atoms with E-state index in [4.69, 9.17) is 0 Å². The average molecular weight is 252 g/mol. The van der Waals surface area contributed by atoms with Crippen LogP contribution in [0, 0.1) is 11.3 Å². The summed E-state index contributed by atoms with van der Waals surface area (Å²) in [5.74, 6) is 0.695. The van der Waals surface area contributed by atoms with Crippen LogP contribution in [0.1, 0.15) is 59.3 Å². The molecule has 2 fully saturated rings. The number of amides is 1. The molecule has 0 radical (unpaired) electrons. The Morgan fingerprint density at radius 1 is 1.28 bits per heavy atom. The predicted molar refractivity (Wildman–Crippen MR) is 74.4 cm³/mol. The molecule has 0 bridgehead atoms. The van der Waals surface area contributed by atoms with Gasteiger partial charge in [-0.3, -0.25) is 4.79 Å². The topological polar surface area (TPSA) is 41.1 Å². The highest BCUT2D eigenvalue weighted by Crippen LogP contribution is 2.35. The lowest BCUT2D eigenvalue weighted by Crippen LogP contribution is -2.54. The van der Waals surface area contributed by atoms with E-state index in [2.05, 4.69) is 31.4 Å². The molecule has 3 nitrogen and oxygen atoms in total. The van der Waals surface area contributed by atoms with Crippen molar-refractivity contribution in [2.24, 2.45) is 11.3 Å². The van der Waals surface area contributed by atoms with Gasteiger partial charge in [-0.25, -0.2) is 0 Å². The lowest BCUT2D eigenvalue weighted by atomic mass is 9.75. The first kappa shape index (κ1) is 13.9. The Balaban J connectivity index is 1.86. The van der Waals surface area contributed by atoms with Crippen LogP contribution in [-0.2, 0) is 4.79 Å². The highest BCUT2D eigenvalue weighted by atomic mass is 16.2. The van der Waals surface area contributed by atoms with E-state index in [9.17, 15) is 4.79 Å². The Hall–Kier alpha value is -0.570. The number of nitrogens with one attached hydrogen (secondary N) is 2. The molecule has 104 valence electrons. The Bertz CT molecular complexity index is 301. The van der Waals surface area contributed by atoms with Crippen LogP contribution in [0.15, 0.2) is 0 Å². The Labute approximate surface area is 111 Å². The molecule has 3 atom stereocenters. The molecule has 1 amide bonds. The zero-order chi connectivity index (χ0) is 13.2. The van der Waals surface area contributed by atoms with E-state index in [-0.39, 0.29) is 11.9 Å². The maximum absolute atomic E-state index is 12.3. The van der Waals surface area contributed by atoms with Crippen LogP contribution in [0.5, 0.6) is 0 Å². The van der Waals surface area contributed by atoms with E-state index in [1.54, 1.807) is 0 Å². The summed E-state index contributed by atoms with van der Waals surface area (Å²) in [7, 11) is 0. The third-order valence-electron chi connectivity index (χ3n) is 4.60. The number of piperidine rings is 1. The van der Waals surface area contributed by atoms with Crippen molar-refractivity contribution in [3.63, 3.8) is 0 Å². The molecule has 1 aliphatic carbocycles. The maximum atomic E-state index is 12.3. The predicted octanol–water partition coefficient (Wildman–Crippen LogP) is 2.46. The zero-order valence-corrected chi connectivity index (χ0v) is 12.1. The van der Waals surface area contributed by atoms with Gasteiger partial charge in [0.15, 0.2) is 0 Å². The summed E-state index contributed by atoms with van der Waals surface area (Å²) in [6.45, 7) is 7.79. The second-order valence-electron chi connectivity index (χ2n) is 7.02. The van der Waals surface area contributed by atoms with Gasteiger partial charge in [-0.2, -0.15) is 0 Å². The van der Waals surface area contributed by atoms with E-state index >= 15 is 0 Å². The molecular weight excluding hydrogens is 224 g/mol. The fourth-order valence-corrected chi connectivity index (χ4v) is 3.51. The smallest absolute Gasteiger partial charge is 0.237 e. The van der Waals surface area contributed by atoms with Crippen molar-refractivity contribution in [3.8, 4) is 0 Å². The largest absolute Gasteiger partial charge is 0.352 e. The molecule has 1 aliphatic heterocycles. The first-order valence-electron chi connectivity index (χ1n) is 7.52. The minimum Gasteiger partial charge on any atom is -0.352 e. The molecular formula is C15H28N2O. The number of hydrogen-bond donors (Lipinski definition) is 2. The Morgan fingerprint density at radius 3 is 2.72 bits per heavy atom. The molecule has 3 heteroatoms. The third-order valence-corrected chi connectivity index (χ3v) is 4.60. The first-order chi connectivity index (χ1) is 8.48. The third kappa shape index (κ3) is 3.47. The molecule has 0 aromatic heterocycles. The van der Waals surface area contributed by atoms with Crippen LogP contribution < -0.4 is 10.6 Å². The van der Waals surface area contributed by atoms with Gasteiger partial charge in [0.25, 0.3) is 0 Å². The van der Waals surface area contributed by atoms with E-state index in [0.29, 0.717) is 17.4 Å². The average Bonchev–Trinajstić information content (AvgIpc) is 2.28. The van der Waals surface area contributed by atoms with E-state index in [1.807, 2.05) is 0 Å². The minimum absolute atomic E-state index is 0.0313. The van der Waals surface area contributed by atoms with Gasteiger partial charge in [0.1, 0.15) is 0 Å². The molecule has 1 heterocycles. The van der Waals surface area contributed by atoms with Crippen LogP contribution in [0.25, 0.3) is 0 Å². The molecule has 2 aliphatic rings. The van der Waals surface area contributed by atoms with Crippen molar-refractivity contribution in [3.05, 3.63) is 0 Å². The zero-order valence-electron chi connectivity index (χ0n) is 12.1. The van der Waals surface area contributed by atoms with E-state index < -0.39 is 0 Å². The second kappa shape index (κ2) is 5.60. The van der Waals surface area contributed by atoms with Gasteiger partial charge in [0, 0.05) is 6.04 Å². The molecule has 1 saturated carbocycles. The summed E-state index contributed by atoms with van der Waals surface area (Å²) in [5, 5.41) is 6.64. The van der Waals surface area contributed by atoms with Crippen molar-refractivity contribution in [1.29, 1.82) is 0 Å². The van der Waals surface area contributed by atoms with Gasteiger partial charge in [-0.05, 0) is 50.0 Å². The SMILES string of the molecule is CC1CCCNC1C(=O)NC1CCCC(C)(C)C1. The second-order valence-corrected chi connectivity index (χ2v) is 7.02. The number of rotatable bonds is 2. The summed E-state index contributed by atoms with van der Waals surface area (Å²) in [4.78, 5) is 12.3. The molecule has 2 rings (SSSR count). The van der Waals surface area contributed by atoms with Crippen LogP contribution >= 0.6 is 0 Å². The highest BCUT2D eigenvalue weighted by Gasteiger charge is 2.32. The van der Waals surface area contributed by atoms with Crippen molar-refractivity contribution in [2.45, 2.75) is 71.4 Å². The molecule has 0 aromatic carbocycles. The monoisotopic (exact) mass is 252 g/mol. The van der Waals surface area contributed by atoms with E-state index in [1.165, 1.54) is 25.7 Å². The van der Waals surface area contributed by atoms with Crippen molar-refractivity contribution >= 4 is 5.91 Å². The van der Waals surface area contributed by atoms with Crippen molar-refractivity contribution in [2.75, 3.05) is 6.54 Å². The van der Waals surface area contributed by atoms with Gasteiger partial charge in [0.05, 0.1) is 6.04 Å². The lowest BCUT2D eigenvalue weighted by molar-refractivity contribution is -0.126. The van der Waals surface area contributed by atoms with Gasteiger partial charge in [0.2, 0.25) is 5.91 Å². The van der Waals surface area contributed by atoms with Crippen LogP contribution in [0.3, 0.4) is 0 Å². The van der Waals surface area contributed by atoms with Gasteiger partial charge in [-0.15, -0.1) is 0 Å². The quantitative estimate of drug-likeness (QED) is 0.792. The molecule has 3 unspecified atom stereocenters. The molecule has 1 saturated heterocycles. The van der Waals surface area contributed by atoms with Crippen molar-refractivity contribution < 1.29 is 4.79 Å².